The van der Waals surface area contributed by atoms with Crippen molar-refractivity contribution in [1.82, 2.24) is 29.7 Å². The van der Waals surface area contributed by atoms with Gasteiger partial charge >= 0.3 is 6.03 Å². The Kier molecular flexibility index (Phi) is 7.65. The van der Waals surface area contributed by atoms with Crippen LogP contribution in [0.3, 0.4) is 0 Å². The molecule has 3 aromatic rings. The molecule has 3 heterocycles. The number of aromatic nitrogens is 3. The fraction of sp³-hybridized carbons (Fsp3) is 0.370. The minimum Gasteiger partial charge on any atom is -0.347 e. The highest BCUT2D eigenvalue weighted by molar-refractivity contribution is 5.94. The van der Waals surface area contributed by atoms with E-state index in [0.717, 1.165) is 22.9 Å². The molecule has 11 heteroatoms. The number of hydrogen-bond acceptors (Lipinski definition) is 6. The number of amides is 4. The fourth-order valence-electron chi connectivity index (χ4n) is 4.46. The summed E-state index contributed by atoms with van der Waals surface area (Å²) in [4.78, 5) is 51.5. The Hall–Kier alpha value is -4.41. The van der Waals surface area contributed by atoms with Crippen molar-refractivity contribution in [2.45, 2.75) is 33.0 Å². The van der Waals surface area contributed by atoms with Crippen molar-refractivity contribution < 1.29 is 14.4 Å². The molecule has 38 heavy (non-hydrogen) atoms. The van der Waals surface area contributed by atoms with Crippen LogP contribution in [0.2, 0.25) is 0 Å². The van der Waals surface area contributed by atoms with Crippen LogP contribution in [0.25, 0.3) is 0 Å². The number of hydrogen-bond donors (Lipinski definition) is 2. The summed E-state index contributed by atoms with van der Waals surface area (Å²) in [5.41, 5.74) is 3.34. The zero-order valence-electron chi connectivity index (χ0n) is 22.6. The summed E-state index contributed by atoms with van der Waals surface area (Å²) in [5.74, 6) is 1.18. The second kappa shape index (κ2) is 10.9. The third-order valence-corrected chi connectivity index (χ3v) is 6.60. The highest BCUT2D eigenvalue weighted by Gasteiger charge is 2.32. The summed E-state index contributed by atoms with van der Waals surface area (Å²) in [5, 5.41) is 5.77. The maximum absolute atomic E-state index is 13.2. The van der Waals surface area contributed by atoms with Gasteiger partial charge < -0.3 is 29.9 Å². The van der Waals surface area contributed by atoms with Crippen molar-refractivity contribution in [3.05, 3.63) is 70.9 Å². The average molecular weight is 519 g/mol. The lowest BCUT2D eigenvalue weighted by Gasteiger charge is -2.36. The Morgan fingerprint density at radius 1 is 1.00 bits per heavy atom. The summed E-state index contributed by atoms with van der Waals surface area (Å²) in [7, 11) is 6.77. The number of nitrogens with zero attached hydrogens (tertiary/aromatic N) is 6. The van der Waals surface area contributed by atoms with Gasteiger partial charge in [-0.15, -0.1) is 0 Å². The summed E-state index contributed by atoms with van der Waals surface area (Å²) in [6.45, 7) is 5.64. The minimum absolute atomic E-state index is 0.101. The maximum atomic E-state index is 13.2. The van der Waals surface area contributed by atoms with Crippen molar-refractivity contribution in [2.75, 3.05) is 45.0 Å². The number of carbonyl (C=O) groups excluding carboxylic acids is 3. The molecule has 11 nitrogen and oxygen atoms in total. The van der Waals surface area contributed by atoms with Crippen LogP contribution < -0.4 is 15.5 Å². The molecule has 0 aliphatic carbocycles. The van der Waals surface area contributed by atoms with E-state index in [1.165, 1.54) is 9.80 Å². The molecule has 0 spiro atoms. The van der Waals surface area contributed by atoms with Crippen LogP contribution in [-0.2, 0) is 13.1 Å². The van der Waals surface area contributed by atoms with Gasteiger partial charge in [-0.05, 0) is 43.7 Å². The van der Waals surface area contributed by atoms with E-state index in [1.807, 2.05) is 32.0 Å². The molecule has 4 amide bonds. The number of urea groups is 1. The minimum atomic E-state index is -0.250. The molecule has 1 atom stereocenters. The van der Waals surface area contributed by atoms with Gasteiger partial charge in [0.05, 0.1) is 17.3 Å². The molecule has 2 aromatic heterocycles. The molecular weight excluding hydrogens is 484 g/mol. The van der Waals surface area contributed by atoms with E-state index in [0.29, 0.717) is 36.6 Å². The van der Waals surface area contributed by atoms with Gasteiger partial charge in [0.1, 0.15) is 11.6 Å². The summed E-state index contributed by atoms with van der Waals surface area (Å²) in [6, 6.07) is 10.6. The fourth-order valence-corrected chi connectivity index (χ4v) is 4.46. The molecule has 0 fully saturated rings. The lowest BCUT2D eigenvalue weighted by atomic mass is 10.1. The number of benzene rings is 1. The summed E-state index contributed by atoms with van der Waals surface area (Å²) < 4.78 is 2.09. The lowest BCUT2D eigenvalue weighted by molar-refractivity contribution is 0.0826. The molecule has 0 saturated heterocycles. The van der Waals surface area contributed by atoms with Gasteiger partial charge in [-0.3, -0.25) is 9.59 Å². The first kappa shape index (κ1) is 26.6. The van der Waals surface area contributed by atoms with Crippen molar-refractivity contribution >= 4 is 29.4 Å². The Bertz CT molecular complexity index is 1330. The monoisotopic (exact) mass is 518 g/mol. The first-order chi connectivity index (χ1) is 18.1. The molecule has 2 N–H and O–H groups in total. The van der Waals surface area contributed by atoms with E-state index in [9.17, 15) is 14.4 Å². The van der Waals surface area contributed by atoms with Crippen molar-refractivity contribution in [2.24, 2.45) is 0 Å². The van der Waals surface area contributed by atoms with Crippen LogP contribution in [0, 0.1) is 6.92 Å². The first-order valence-electron chi connectivity index (χ1n) is 12.4. The number of carbonyl (C=O) groups is 3. The first-order valence-corrected chi connectivity index (χ1v) is 12.4. The van der Waals surface area contributed by atoms with Crippen molar-refractivity contribution in [3.8, 4) is 0 Å². The third kappa shape index (κ3) is 5.46. The van der Waals surface area contributed by atoms with Gasteiger partial charge in [0.15, 0.2) is 5.69 Å². The normalized spacial score (nSPS) is 14.5. The molecule has 1 aromatic carbocycles. The third-order valence-electron chi connectivity index (χ3n) is 6.60. The van der Waals surface area contributed by atoms with E-state index in [2.05, 4.69) is 30.1 Å². The topological polar surface area (TPSA) is 116 Å². The van der Waals surface area contributed by atoms with Crippen LogP contribution in [-0.4, -0.2) is 76.9 Å². The molecule has 0 radical (unpaired) electrons. The summed E-state index contributed by atoms with van der Waals surface area (Å²) in [6.07, 6.45) is 1.59. The summed E-state index contributed by atoms with van der Waals surface area (Å²) >= 11 is 0. The molecule has 0 saturated carbocycles. The zero-order valence-corrected chi connectivity index (χ0v) is 22.6. The molecule has 4 rings (SSSR count). The number of imidazole rings is 1. The number of pyridine rings is 1. The van der Waals surface area contributed by atoms with Gasteiger partial charge in [-0.25, -0.2) is 14.8 Å². The van der Waals surface area contributed by atoms with E-state index in [1.54, 1.807) is 52.6 Å². The van der Waals surface area contributed by atoms with E-state index >= 15 is 0 Å². The quantitative estimate of drug-likeness (QED) is 0.519. The predicted octanol–water partition coefficient (Wildman–Crippen LogP) is 2.89. The van der Waals surface area contributed by atoms with Gasteiger partial charge in [-0.1, -0.05) is 12.1 Å². The van der Waals surface area contributed by atoms with Gasteiger partial charge in [0, 0.05) is 59.7 Å². The molecule has 1 aliphatic heterocycles. The van der Waals surface area contributed by atoms with E-state index in [-0.39, 0.29) is 23.9 Å². The smallest absolute Gasteiger partial charge is 0.321 e. The van der Waals surface area contributed by atoms with Gasteiger partial charge in [0.25, 0.3) is 11.8 Å². The SMILES string of the molecule is Cc1nc(C(=O)NCc2ccc(NC(=O)N(C)C)cc2)c2n1CCN(c1ccc(C(=O)N(C)C)cn1)[C@@H]2C. The Morgan fingerprint density at radius 3 is 2.32 bits per heavy atom. The number of fused-ring (bicyclic) bond motifs is 1. The average Bonchev–Trinajstić information content (AvgIpc) is 3.25. The Balaban J connectivity index is 1.47. The van der Waals surface area contributed by atoms with Crippen LogP contribution in [0.1, 0.15) is 50.9 Å². The Morgan fingerprint density at radius 2 is 1.71 bits per heavy atom. The standard InChI is InChI=1S/C27H34N8O3/c1-17-24-23(25(36)29-15-19-7-10-21(11-8-19)31-27(38)33(5)6)30-18(2)35(24)14-13-34(17)22-12-9-20(16-28-22)26(37)32(3)4/h7-12,16-17H,13-15H2,1-6H3,(H,29,36)(H,31,38)/t17-/m1/s1. The van der Waals surface area contributed by atoms with Gasteiger partial charge in [0.2, 0.25) is 0 Å². The molecule has 0 unspecified atom stereocenters. The highest BCUT2D eigenvalue weighted by Crippen LogP contribution is 2.32. The van der Waals surface area contributed by atoms with Crippen LogP contribution >= 0.6 is 0 Å². The van der Waals surface area contributed by atoms with Crippen LogP contribution in [0.5, 0.6) is 0 Å². The maximum Gasteiger partial charge on any atom is 0.321 e. The second-order valence-electron chi connectivity index (χ2n) is 9.72. The van der Waals surface area contributed by atoms with Crippen molar-refractivity contribution in [1.29, 1.82) is 0 Å². The van der Waals surface area contributed by atoms with Crippen LogP contribution in [0.4, 0.5) is 16.3 Å². The van der Waals surface area contributed by atoms with Crippen molar-refractivity contribution in [3.63, 3.8) is 0 Å². The van der Waals surface area contributed by atoms with E-state index in [4.69, 9.17) is 0 Å². The largest absolute Gasteiger partial charge is 0.347 e. The highest BCUT2D eigenvalue weighted by atomic mass is 16.2. The zero-order chi connectivity index (χ0) is 27.6. The number of rotatable bonds is 6. The number of nitrogens with one attached hydrogen (secondary N) is 2. The van der Waals surface area contributed by atoms with Crippen LogP contribution in [0.15, 0.2) is 42.6 Å². The van der Waals surface area contributed by atoms with Gasteiger partial charge in [-0.2, -0.15) is 0 Å². The second-order valence-corrected chi connectivity index (χ2v) is 9.72. The molecule has 200 valence electrons. The number of anilines is 2. The molecule has 1 aliphatic rings. The predicted molar refractivity (Wildman–Crippen MR) is 145 cm³/mol. The lowest BCUT2D eigenvalue weighted by Crippen LogP contribution is -2.39. The van der Waals surface area contributed by atoms with E-state index < -0.39 is 0 Å². The molecular formula is C27H34N8O3. The molecule has 0 bridgehead atoms. The Labute approximate surface area is 222 Å². The number of aryl methyl sites for hydroxylation is 1.